The smallest absolute Gasteiger partial charge is 0.338 e. The summed E-state index contributed by atoms with van der Waals surface area (Å²) in [5.41, 5.74) is 1.93. The van der Waals surface area contributed by atoms with Gasteiger partial charge in [-0.1, -0.05) is 13.0 Å². The Morgan fingerprint density at radius 3 is 2.50 bits per heavy atom. The van der Waals surface area contributed by atoms with Crippen molar-refractivity contribution in [3.8, 4) is 0 Å². The molecule has 7 heteroatoms. The number of hydrogen-bond acceptors (Lipinski definition) is 5. The third kappa shape index (κ3) is 5.31. The maximum atomic E-state index is 12.3. The number of carbonyl (C=O) groups is 4. The van der Waals surface area contributed by atoms with Crippen LogP contribution in [0.2, 0.25) is 0 Å². The zero-order valence-electron chi connectivity index (χ0n) is 16.8. The fraction of sp³-hybridized carbons (Fsp3) is 0.304. The molecular weight excluding hydrogens is 384 g/mol. The van der Waals surface area contributed by atoms with E-state index in [4.69, 9.17) is 4.74 Å². The van der Waals surface area contributed by atoms with Gasteiger partial charge < -0.3 is 15.0 Å². The second kappa shape index (κ2) is 9.82. The van der Waals surface area contributed by atoms with Crippen molar-refractivity contribution in [1.29, 1.82) is 0 Å². The summed E-state index contributed by atoms with van der Waals surface area (Å²) in [6.45, 7) is 2.16. The summed E-state index contributed by atoms with van der Waals surface area (Å²) < 4.78 is 5.15. The van der Waals surface area contributed by atoms with Crippen molar-refractivity contribution in [1.82, 2.24) is 0 Å². The molecule has 1 aliphatic rings. The van der Waals surface area contributed by atoms with E-state index in [1.165, 1.54) is 0 Å². The summed E-state index contributed by atoms with van der Waals surface area (Å²) >= 11 is 0. The van der Waals surface area contributed by atoms with E-state index in [1.54, 1.807) is 53.4 Å². The van der Waals surface area contributed by atoms with Crippen LogP contribution >= 0.6 is 0 Å². The fourth-order valence-electron chi connectivity index (χ4n) is 3.21. The molecule has 0 aromatic heterocycles. The first-order valence-electron chi connectivity index (χ1n) is 9.98. The Labute approximate surface area is 175 Å². The number of nitrogens with one attached hydrogen (secondary N) is 1. The lowest BCUT2D eigenvalue weighted by Crippen LogP contribution is -2.24. The van der Waals surface area contributed by atoms with Crippen molar-refractivity contribution in [3.05, 3.63) is 59.7 Å². The predicted octanol–water partition coefficient (Wildman–Crippen LogP) is 3.59. The normalized spacial score (nSPS) is 13.2. The van der Waals surface area contributed by atoms with E-state index in [2.05, 4.69) is 5.32 Å². The summed E-state index contributed by atoms with van der Waals surface area (Å²) in [6.07, 6.45) is 2.49. The molecule has 30 heavy (non-hydrogen) atoms. The number of Topliss-reactive ketones (excluding diaryl/α,β-unsaturated/α-hetero) is 1. The number of hydrogen-bond donors (Lipinski definition) is 1. The number of anilines is 2. The van der Waals surface area contributed by atoms with Crippen molar-refractivity contribution in [3.63, 3.8) is 0 Å². The second-order valence-electron chi connectivity index (χ2n) is 7.07. The molecule has 0 atom stereocenters. The van der Waals surface area contributed by atoms with E-state index in [-0.39, 0.29) is 23.2 Å². The van der Waals surface area contributed by atoms with Crippen LogP contribution in [0.3, 0.4) is 0 Å². The predicted molar refractivity (Wildman–Crippen MR) is 113 cm³/mol. The number of benzene rings is 2. The summed E-state index contributed by atoms with van der Waals surface area (Å²) in [4.78, 5) is 49.8. The minimum absolute atomic E-state index is 0.0324. The van der Waals surface area contributed by atoms with Crippen molar-refractivity contribution in [2.45, 2.75) is 32.6 Å². The first kappa shape index (κ1) is 21.2. The maximum absolute atomic E-state index is 12.3. The van der Waals surface area contributed by atoms with E-state index in [0.29, 0.717) is 36.3 Å². The molecule has 0 unspecified atom stereocenters. The molecule has 0 bridgehead atoms. The van der Waals surface area contributed by atoms with E-state index < -0.39 is 12.6 Å². The number of amides is 2. The first-order valence-corrected chi connectivity index (χ1v) is 9.98. The molecule has 1 saturated heterocycles. The SMILES string of the molecule is CCCC(=O)Nc1ccc(C(=O)COC(=O)c2cccc(N3CCCC3=O)c2)cc1. The van der Waals surface area contributed by atoms with E-state index in [1.807, 2.05) is 6.92 Å². The Morgan fingerprint density at radius 2 is 1.83 bits per heavy atom. The molecule has 3 rings (SSSR count). The Balaban J connectivity index is 1.56. The molecule has 1 aliphatic heterocycles. The summed E-state index contributed by atoms with van der Waals surface area (Å²) in [5.74, 6) is -1.02. The molecule has 0 spiro atoms. The van der Waals surface area contributed by atoms with E-state index >= 15 is 0 Å². The van der Waals surface area contributed by atoms with Crippen LogP contribution < -0.4 is 10.2 Å². The van der Waals surface area contributed by atoms with Crippen molar-refractivity contribution in [2.24, 2.45) is 0 Å². The van der Waals surface area contributed by atoms with E-state index in [9.17, 15) is 19.2 Å². The maximum Gasteiger partial charge on any atom is 0.338 e. The van der Waals surface area contributed by atoms with Crippen molar-refractivity contribution < 1.29 is 23.9 Å². The zero-order chi connectivity index (χ0) is 21.5. The van der Waals surface area contributed by atoms with Crippen LogP contribution in [0.25, 0.3) is 0 Å². The molecule has 1 heterocycles. The number of ketones is 1. The second-order valence-corrected chi connectivity index (χ2v) is 7.07. The average Bonchev–Trinajstić information content (AvgIpc) is 3.18. The highest BCUT2D eigenvalue weighted by atomic mass is 16.5. The molecule has 2 aromatic rings. The quantitative estimate of drug-likeness (QED) is 0.532. The lowest BCUT2D eigenvalue weighted by molar-refractivity contribution is -0.117. The van der Waals surface area contributed by atoms with Crippen molar-refractivity contribution >= 4 is 34.9 Å². The lowest BCUT2D eigenvalue weighted by atomic mass is 10.1. The van der Waals surface area contributed by atoms with Gasteiger partial charge in [-0.15, -0.1) is 0 Å². The van der Waals surface area contributed by atoms with Gasteiger partial charge in [0.15, 0.2) is 12.4 Å². The number of carbonyl (C=O) groups excluding carboxylic acids is 4. The molecule has 0 radical (unpaired) electrons. The first-order chi connectivity index (χ1) is 14.5. The van der Waals surface area contributed by atoms with Crippen LogP contribution in [0.15, 0.2) is 48.5 Å². The molecule has 2 aromatic carbocycles. The molecule has 1 fully saturated rings. The molecular formula is C23H24N2O5. The van der Waals surface area contributed by atoms with Crippen LogP contribution in [0.1, 0.15) is 53.3 Å². The average molecular weight is 408 g/mol. The van der Waals surface area contributed by atoms with Crippen LogP contribution in [-0.4, -0.2) is 36.7 Å². The monoisotopic (exact) mass is 408 g/mol. The van der Waals surface area contributed by atoms with Gasteiger partial charge in [0.05, 0.1) is 5.56 Å². The molecule has 156 valence electrons. The van der Waals surface area contributed by atoms with Crippen molar-refractivity contribution in [2.75, 3.05) is 23.4 Å². The fourth-order valence-corrected chi connectivity index (χ4v) is 3.21. The van der Waals surface area contributed by atoms with Crippen LogP contribution in [0.4, 0.5) is 11.4 Å². The zero-order valence-corrected chi connectivity index (χ0v) is 16.8. The topological polar surface area (TPSA) is 92.8 Å². The van der Waals surface area contributed by atoms with Gasteiger partial charge in [0.2, 0.25) is 11.8 Å². The van der Waals surface area contributed by atoms with Gasteiger partial charge in [0.25, 0.3) is 0 Å². The highest BCUT2D eigenvalue weighted by Crippen LogP contribution is 2.22. The van der Waals surface area contributed by atoms with E-state index in [0.717, 1.165) is 12.8 Å². The summed E-state index contributed by atoms with van der Waals surface area (Å²) in [7, 11) is 0. The molecule has 2 amide bonds. The van der Waals surface area contributed by atoms with Gasteiger partial charge in [-0.05, 0) is 55.3 Å². The number of esters is 1. The van der Waals surface area contributed by atoms with Crippen LogP contribution in [0, 0.1) is 0 Å². The third-order valence-corrected chi connectivity index (χ3v) is 4.77. The van der Waals surface area contributed by atoms with Gasteiger partial charge in [-0.3, -0.25) is 14.4 Å². The summed E-state index contributed by atoms with van der Waals surface area (Å²) in [5, 5.41) is 2.75. The molecule has 0 saturated carbocycles. The Hall–Kier alpha value is -3.48. The molecule has 0 aliphatic carbocycles. The lowest BCUT2D eigenvalue weighted by Gasteiger charge is -2.16. The van der Waals surface area contributed by atoms with Crippen LogP contribution in [0.5, 0.6) is 0 Å². The van der Waals surface area contributed by atoms with Gasteiger partial charge in [0, 0.05) is 36.3 Å². The Morgan fingerprint density at radius 1 is 1.07 bits per heavy atom. The standard InChI is InChI=1S/C23H24N2O5/c1-2-5-21(27)24-18-11-9-16(10-12-18)20(26)15-30-23(29)17-6-3-7-19(14-17)25-13-4-8-22(25)28/h3,6-7,9-12,14H,2,4-5,8,13,15H2,1H3,(H,24,27). The van der Waals surface area contributed by atoms with Gasteiger partial charge in [-0.25, -0.2) is 4.79 Å². The summed E-state index contributed by atoms with van der Waals surface area (Å²) in [6, 6.07) is 13.1. The number of ether oxygens (including phenoxy) is 1. The number of rotatable bonds is 8. The third-order valence-electron chi connectivity index (χ3n) is 4.77. The van der Waals surface area contributed by atoms with Crippen LogP contribution in [-0.2, 0) is 14.3 Å². The van der Waals surface area contributed by atoms with Gasteiger partial charge in [-0.2, -0.15) is 0 Å². The Bertz CT molecular complexity index is 952. The number of nitrogens with zero attached hydrogens (tertiary/aromatic N) is 1. The van der Waals surface area contributed by atoms with Gasteiger partial charge in [0.1, 0.15) is 0 Å². The molecule has 1 N–H and O–H groups in total. The minimum atomic E-state index is -0.625. The molecule has 7 nitrogen and oxygen atoms in total. The Kier molecular flexibility index (Phi) is 6.95. The van der Waals surface area contributed by atoms with Gasteiger partial charge >= 0.3 is 5.97 Å². The largest absolute Gasteiger partial charge is 0.454 e. The minimum Gasteiger partial charge on any atom is -0.454 e. The highest BCUT2D eigenvalue weighted by molar-refractivity contribution is 6.01. The highest BCUT2D eigenvalue weighted by Gasteiger charge is 2.22.